The highest BCUT2D eigenvalue weighted by atomic mass is 16.5. The minimum atomic E-state index is -0.618. The minimum Gasteiger partial charge on any atom is -0.468 e. The number of morpholine rings is 1. The van der Waals surface area contributed by atoms with E-state index in [1.807, 2.05) is 6.92 Å². The Morgan fingerprint density at radius 1 is 1.37 bits per heavy atom. The van der Waals surface area contributed by atoms with Crippen molar-refractivity contribution in [3.8, 4) is 0 Å². The number of carbonyl (C=O) groups is 1. The maximum atomic E-state index is 12.1. The standard InChI is InChI=1S/C14H26N2O3/c1-10-7-16(8-11(2)19-10)9-14(3,13(17)18-4)15-12-5-6-12/h10-12,15H,5-9H2,1-4H3/t10-,11+,14?. The molecule has 1 saturated heterocycles. The second kappa shape index (κ2) is 5.77. The Bertz CT molecular complexity index is 323. The summed E-state index contributed by atoms with van der Waals surface area (Å²) in [5.41, 5.74) is -0.618. The summed E-state index contributed by atoms with van der Waals surface area (Å²) >= 11 is 0. The third kappa shape index (κ3) is 3.91. The van der Waals surface area contributed by atoms with Crippen LogP contribution < -0.4 is 5.32 Å². The highest BCUT2D eigenvalue weighted by Gasteiger charge is 2.41. The zero-order chi connectivity index (χ0) is 14.0. The molecule has 2 fully saturated rings. The van der Waals surface area contributed by atoms with E-state index in [1.54, 1.807) is 0 Å². The number of hydrogen-bond acceptors (Lipinski definition) is 5. The summed E-state index contributed by atoms with van der Waals surface area (Å²) in [6, 6.07) is 0.472. The Balaban J connectivity index is 2.00. The van der Waals surface area contributed by atoms with Crippen LogP contribution >= 0.6 is 0 Å². The van der Waals surface area contributed by atoms with Gasteiger partial charge in [0.25, 0.3) is 0 Å². The van der Waals surface area contributed by atoms with E-state index < -0.39 is 5.54 Å². The van der Waals surface area contributed by atoms with Crippen LogP contribution in [0.2, 0.25) is 0 Å². The Labute approximate surface area is 115 Å². The number of carbonyl (C=O) groups excluding carboxylic acids is 1. The zero-order valence-electron chi connectivity index (χ0n) is 12.4. The van der Waals surface area contributed by atoms with E-state index in [-0.39, 0.29) is 18.2 Å². The Kier molecular flexibility index (Phi) is 4.48. The fourth-order valence-electron chi connectivity index (χ4n) is 2.93. The van der Waals surface area contributed by atoms with E-state index in [2.05, 4.69) is 24.1 Å². The molecule has 2 rings (SSSR count). The van der Waals surface area contributed by atoms with Crippen molar-refractivity contribution in [2.75, 3.05) is 26.7 Å². The van der Waals surface area contributed by atoms with Gasteiger partial charge in [-0.3, -0.25) is 15.0 Å². The van der Waals surface area contributed by atoms with Crippen LogP contribution in [0.5, 0.6) is 0 Å². The van der Waals surface area contributed by atoms with Crippen molar-refractivity contribution in [2.24, 2.45) is 0 Å². The van der Waals surface area contributed by atoms with Gasteiger partial charge >= 0.3 is 5.97 Å². The number of nitrogens with zero attached hydrogens (tertiary/aromatic N) is 1. The van der Waals surface area contributed by atoms with Crippen molar-refractivity contribution in [3.05, 3.63) is 0 Å². The lowest BCUT2D eigenvalue weighted by Crippen LogP contribution is -2.60. The lowest BCUT2D eigenvalue weighted by Gasteiger charge is -2.40. The number of nitrogens with one attached hydrogen (secondary N) is 1. The van der Waals surface area contributed by atoms with Gasteiger partial charge in [0.1, 0.15) is 5.54 Å². The predicted molar refractivity (Wildman–Crippen MR) is 73.0 cm³/mol. The topological polar surface area (TPSA) is 50.8 Å². The van der Waals surface area contributed by atoms with Crippen LogP contribution in [-0.4, -0.2) is 61.4 Å². The summed E-state index contributed by atoms with van der Waals surface area (Å²) in [5.74, 6) is -0.175. The number of esters is 1. The minimum absolute atomic E-state index is 0.175. The van der Waals surface area contributed by atoms with E-state index in [0.717, 1.165) is 25.9 Å². The third-order valence-corrected chi connectivity index (χ3v) is 3.77. The Morgan fingerprint density at radius 3 is 2.42 bits per heavy atom. The lowest BCUT2D eigenvalue weighted by molar-refractivity contribution is -0.150. The molecule has 1 N–H and O–H groups in total. The molecule has 19 heavy (non-hydrogen) atoms. The van der Waals surface area contributed by atoms with Crippen LogP contribution in [0, 0.1) is 0 Å². The van der Waals surface area contributed by atoms with Crippen LogP contribution in [0.1, 0.15) is 33.6 Å². The highest BCUT2D eigenvalue weighted by Crippen LogP contribution is 2.24. The van der Waals surface area contributed by atoms with Gasteiger partial charge in [-0.05, 0) is 33.6 Å². The highest BCUT2D eigenvalue weighted by molar-refractivity contribution is 5.80. The molecule has 3 atom stereocenters. The van der Waals surface area contributed by atoms with Gasteiger partial charge in [-0.15, -0.1) is 0 Å². The molecule has 0 spiro atoms. The molecule has 1 unspecified atom stereocenters. The molecular weight excluding hydrogens is 244 g/mol. The van der Waals surface area contributed by atoms with Gasteiger partial charge in [-0.2, -0.15) is 0 Å². The van der Waals surface area contributed by atoms with Crippen molar-refractivity contribution in [2.45, 2.75) is 57.4 Å². The van der Waals surface area contributed by atoms with Crippen LogP contribution in [0.15, 0.2) is 0 Å². The Morgan fingerprint density at radius 2 is 1.95 bits per heavy atom. The molecule has 0 aromatic carbocycles. The maximum absolute atomic E-state index is 12.1. The molecule has 0 aromatic rings. The first-order chi connectivity index (χ1) is 8.93. The van der Waals surface area contributed by atoms with Crippen molar-refractivity contribution < 1.29 is 14.3 Å². The second-order valence-corrected chi connectivity index (χ2v) is 6.19. The fraction of sp³-hybridized carbons (Fsp3) is 0.929. The summed E-state index contributed by atoms with van der Waals surface area (Å²) in [5, 5.41) is 3.44. The summed E-state index contributed by atoms with van der Waals surface area (Å²) in [4.78, 5) is 14.4. The molecule has 0 bridgehead atoms. The van der Waals surface area contributed by atoms with E-state index >= 15 is 0 Å². The molecule has 1 aliphatic carbocycles. The zero-order valence-corrected chi connectivity index (χ0v) is 12.4. The quantitative estimate of drug-likeness (QED) is 0.748. The van der Waals surface area contributed by atoms with Gasteiger partial charge in [0, 0.05) is 25.7 Å². The summed E-state index contributed by atoms with van der Waals surface area (Å²) in [7, 11) is 1.46. The number of methoxy groups -OCH3 is 1. The number of ether oxygens (including phenoxy) is 2. The fourth-order valence-corrected chi connectivity index (χ4v) is 2.93. The Hall–Kier alpha value is -0.650. The van der Waals surface area contributed by atoms with E-state index in [0.29, 0.717) is 12.6 Å². The van der Waals surface area contributed by atoms with Crippen LogP contribution in [0.4, 0.5) is 0 Å². The predicted octanol–water partition coefficient (Wildman–Crippen LogP) is 0.779. The molecule has 0 radical (unpaired) electrons. The molecule has 110 valence electrons. The molecular formula is C14H26N2O3. The molecule has 1 aliphatic heterocycles. The van der Waals surface area contributed by atoms with Crippen LogP contribution in [-0.2, 0) is 14.3 Å². The van der Waals surface area contributed by atoms with E-state index in [4.69, 9.17) is 9.47 Å². The number of rotatable bonds is 5. The second-order valence-electron chi connectivity index (χ2n) is 6.19. The van der Waals surface area contributed by atoms with Gasteiger partial charge in [0.2, 0.25) is 0 Å². The molecule has 5 heteroatoms. The van der Waals surface area contributed by atoms with Crippen molar-refractivity contribution >= 4 is 5.97 Å². The normalized spacial score (nSPS) is 31.8. The first kappa shape index (κ1) is 14.8. The van der Waals surface area contributed by atoms with Gasteiger partial charge in [-0.1, -0.05) is 0 Å². The van der Waals surface area contributed by atoms with E-state index in [9.17, 15) is 4.79 Å². The van der Waals surface area contributed by atoms with Crippen molar-refractivity contribution in [1.29, 1.82) is 0 Å². The summed E-state index contributed by atoms with van der Waals surface area (Å²) in [6.07, 6.45) is 2.74. The molecule has 1 saturated carbocycles. The molecule has 2 aliphatic rings. The first-order valence-corrected chi connectivity index (χ1v) is 7.17. The smallest absolute Gasteiger partial charge is 0.327 e. The van der Waals surface area contributed by atoms with Gasteiger partial charge in [-0.25, -0.2) is 0 Å². The summed E-state index contributed by atoms with van der Waals surface area (Å²) in [6.45, 7) is 8.50. The van der Waals surface area contributed by atoms with Gasteiger partial charge in [0.05, 0.1) is 19.3 Å². The number of hydrogen-bond donors (Lipinski definition) is 1. The molecule has 1 heterocycles. The third-order valence-electron chi connectivity index (χ3n) is 3.77. The largest absolute Gasteiger partial charge is 0.468 e. The van der Waals surface area contributed by atoms with Gasteiger partial charge < -0.3 is 9.47 Å². The van der Waals surface area contributed by atoms with E-state index in [1.165, 1.54) is 7.11 Å². The molecule has 0 aromatic heterocycles. The van der Waals surface area contributed by atoms with Crippen molar-refractivity contribution in [3.63, 3.8) is 0 Å². The maximum Gasteiger partial charge on any atom is 0.327 e. The summed E-state index contributed by atoms with van der Waals surface area (Å²) < 4.78 is 10.7. The first-order valence-electron chi connectivity index (χ1n) is 7.17. The lowest BCUT2D eigenvalue weighted by atomic mass is 10.0. The van der Waals surface area contributed by atoms with Crippen LogP contribution in [0.3, 0.4) is 0 Å². The molecule has 5 nitrogen and oxygen atoms in total. The SMILES string of the molecule is COC(=O)C(C)(CN1C[C@@H](C)O[C@@H](C)C1)NC1CC1. The van der Waals surface area contributed by atoms with Crippen molar-refractivity contribution in [1.82, 2.24) is 10.2 Å². The monoisotopic (exact) mass is 270 g/mol. The average molecular weight is 270 g/mol. The van der Waals surface area contributed by atoms with Crippen LogP contribution in [0.25, 0.3) is 0 Å². The average Bonchev–Trinajstić information content (AvgIpc) is 3.09. The van der Waals surface area contributed by atoms with Gasteiger partial charge in [0.15, 0.2) is 0 Å². The molecule has 0 amide bonds.